The molecule has 5 nitrogen and oxygen atoms in total. The minimum absolute atomic E-state index is 0.276. The molecule has 0 radical (unpaired) electrons. The van der Waals surface area contributed by atoms with Crippen LogP contribution in [-0.2, 0) is 11.2 Å². The van der Waals surface area contributed by atoms with E-state index < -0.39 is 6.10 Å². The summed E-state index contributed by atoms with van der Waals surface area (Å²) in [7, 11) is 0. The van der Waals surface area contributed by atoms with E-state index in [0.717, 1.165) is 17.7 Å². The van der Waals surface area contributed by atoms with Crippen LogP contribution >= 0.6 is 11.3 Å². The smallest absolute Gasteiger partial charge is 0.266 e. The molecule has 3 rings (SSSR count). The number of hydrogen-bond donors (Lipinski definition) is 1. The topological polar surface area (TPSA) is 75.0 Å². The van der Waals surface area contributed by atoms with Crippen molar-refractivity contribution in [2.45, 2.75) is 26.4 Å². The van der Waals surface area contributed by atoms with Crippen molar-refractivity contribution in [3.05, 3.63) is 65.0 Å². The average Bonchev–Trinajstić information content (AvgIpc) is 3.17. The van der Waals surface area contributed by atoms with Gasteiger partial charge in [-0.25, -0.2) is 4.98 Å². The van der Waals surface area contributed by atoms with Gasteiger partial charge in [0.15, 0.2) is 11.2 Å². The Bertz CT molecular complexity index is 956. The predicted molar refractivity (Wildman–Crippen MR) is 107 cm³/mol. The van der Waals surface area contributed by atoms with E-state index in [0.29, 0.717) is 16.4 Å². The number of benzene rings is 2. The normalized spacial score (nSPS) is 11.4. The maximum Gasteiger partial charge on any atom is 0.266 e. The fourth-order valence-corrected chi connectivity index (χ4v) is 3.17. The van der Waals surface area contributed by atoms with Crippen molar-refractivity contribution >= 4 is 22.4 Å². The van der Waals surface area contributed by atoms with E-state index in [-0.39, 0.29) is 5.91 Å². The zero-order valence-electron chi connectivity index (χ0n) is 15.1. The van der Waals surface area contributed by atoms with Gasteiger partial charge in [-0.05, 0) is 43.2 Å². The number of carbonyl (C=O) groups is 1. The summed E-state index contributed by atoms with van der Waals surface area (Å²) in [6.07, 6.45) is 0.310. The highest BCUT2D eigenvalue weighted by atomic mass is 32.1. The average molecular weight is 377 g/mol. The van der Waals surface area contributed by atoms with Crippen molar-refractivity contribution in [2.24, 2.45) is 0 Å². The standard InChI is InChI=1S/C21H19N3O2S/c1-3-15-4-8-17(9-5-15)19-13-27-21(23-19)24-20(25)14(2)26-18-10-6-16(12-22)7-11-18/h4-11,13-14H,3H2,1-2H3,(H,23,24,25)/t14-/m1/s1. The summed E-state index contributed by atoms with van der Waals surface area (Å²) in [6, 6.07) is 16.9. The van der Waals surface area contributed by atoms with Gasteiger partial charge in [-0.15, -0.1) is 11.3 Å². The Morgan fingerprint density at radius 3 is 2.56 bits per heavy atom. The number of aryl methyl sites for hydroxylation is 1. The first-order valence-electron chi connectivity index (χ1n) is 8.61. The molecule has 0 spiro atoms. The van der Waals surface area contributed by atoms with Gasteiger partial charge in [0.05, 0.1) is 17.3 Å². The lowest BCUT2D eigenvalue weighted by atomic mass is 10.1. The minimum atomic E-state index is -0.686. The van der Waals surface area contributed by atoms with Gasteiger partial charge in [0.2, 0.25) is 0 Å². The van der Waals surface area contributed by atoms with Crippen molar-refractivity contribution in [1.29, 1.82) is 5.26 Å². The number of anilines is 1. The molecular weight excluding hydrogens is 358 g/mol. The molecule has 2 aromatic carbocycles. The highest BCUT2D eigenvalue weighted by molar-refractivity contribution is 7.14. The van der Waals surface area contributed by atoms with Crippen LogP contribution in [0.25, 0.3) is 11.3 Å². The van der Waals surface area contributed by atoms with Gasteiger partial charge in [0, 0.05) is 10.9 Å². The number of hydrogen-bond acceptors (Lipinski definition) is 5. The molecule has 3 aromatic rings. The fraction of sp³-hybridized carbons (Fsp3) is 0.190. The second-order valence-corrected chi connectivity index (χ2v) is 6.83. The third-order valence-corrected chi connectivity index (χ3v) is 4.82. The molecule has 27 heavy (non-hydrogen) atoms. The van der Waals surface area contributed by atoms with E-state index in [1.54, 1.807) is 31.2 Å². The van der Waals surface area contributed by atoms with Crippen LogP contribution in [0.2, 0.25) is 0 Å². The number of rotatable bonds is 6. The molecule has 1 aromatic heterocycles. The first-order chi connectivity index (χ1) is 13.1. The molecule has 1 N–H and O–H groups in total. The molecule has 0 bridgehead atoms. The summed E-state index contributed by atoms with van der Waals surface area (Å²) in [5.41, 5.74) is 3.67. The Morgan fingerprint density at radius 2 is 1.93 bits per heavy atom. The SMILES string of the molecule is CCc1ccc(-c2csc(NC(=O)[C@@H](C)Oc3ccc(C#N)cc3)n2)cc1. The third kappa shape index (κ3) is 4.72. The summed E-state index contributed by atoms with van der Waals surface area (Å²) in [6.45, 7) is 3.79. The van der Waals surface area contributed by atoms with Crippen molar-refractivity contribution in [3.63, 3.8) is 0 Å². The summed E-state index contributed by atoms with van der Waals surface area (Å²) >= 11 is 1.38. The molecule has 0 unspecified atom stereocenters. The van der Waals surface area contributed by atoms with E-state index in [2.05, 4.69) is 29.4 Å². The minimum Gasteiger partial charge on any atom is -0.481 e. The Balaban J connectivity index is 1.61. The quantitative estimate of drug-likeness (QED) is 0.678. The summed E-state index contributed by atoms with van der Waals surface area (Å²) in [4.78, 5) is 16.8. The number of nitrogens with zero attached hydrogens (tertiary/aromatic N) is 2. The first kappa shape index (κ1) is 18.6. The molecule has 0 aliphatic rings. The van der Waals surface area contributed by atoms with Crippen LogP contribution in [0.15, 0.2) is 53.9 Å². The Kier molecular flexibility index (Phi) is 5.84. The van der Waals surface area contributed by atoms with Crippen LogP contribution < -0.4 is 10.1 Å². The van der Waals surface area contributed by atoms with Crippen molar-refractivity contribution in [2.75, 3.05) is 5.32 Å². The number of thiazole rings is 1. The van der Waals surface area contributed by atoms with Gasteiger partial charge in [0.1, 0.15) is 5.75 Å². The lowest BCUT2D eigenvalue weighted by Crippen LogP contribution is -2.30. The van der Waals surface area contributed by atoms with Crippen LogP contribution in [-0.4, -0.2) is 17.0 Å². The Hall–Kier alpha value is -3.17. The number of nitriles is 1. The number of carbonyl (C=O) groups excluding carboxylic acids is 1. The van der Waals surface area contributed by atoms with Crippen molar-refractivity contribution in [3.8, 4) is 23.1 Å². The largest absolute Gasteiger partial charge is 0.481 e. The predicted octanol–water partition coefficient (Wildman–Crippen LogP) is 4.65. The number of nitrogens with one attached hydrogen (secondary N) is 1. The monoisotopic (exact) mass is 377 g/mol. The van der Waals surface area contributed by atoms with E-state index in [9.17, 15) is 4.79 Å². The second-order valence-electron chi connectivity index (χ2n) is 5.97. The Morgan fingerprint density at radius 1 is 1.22 bits per heavy atom. The van der Waals surface area contributed by atoms with E-state index >= 15 is 0 Å². The summed E-state index contributed by atoms with van der Waals surface area (Å²) in [5.74, 6) is 0.258. The van der Waals surface area contributed by atoms with E-state index in [1.165, 1.54) is 16.9 Å². The highest BCUT2D eigenvalue weighted by Gasteiger charge is 2.16. The summed E-state index contributed by atoms with van der Waals surface area (Å²) < 4.78 is 5.62. The zero-order chi connectivity index (χ0) is 19.2. The molecular formula is C21H19N3O2S. The van der Waals surface area contributed by atoms with Crippen LogP contribution in [0, 0.1) is 11.3 Å². The molecule has 1 amide bonds. The zero-order valence-corrected chi connectivity index (χ0v) is 15.9. The van der Waals surface area contributed by atoms with Gasteiger partial charge in [-0.1, -0.05) is 31.2 Å². The lowest BCUT2D eigenvalue weighted by Gasteiger charge is -2.13. The maximum absolute atomic E-state index is 12.3. The van der Waals surface area contributed by atoms with Gasteiger partial charge in [0.25, 0.3) is 5.91 Å². The molecule has 136 valence electrons. The van der Waals surface area contributed by atoms with Gasteiger partial charge >= 0.3 is 0 Å². The number of amides is 1. The number of ether oxygens (including phenoxy) is 1. The van der Waals surface area contributed by atoms with Crippen LogP contribution in [0.4, 0.5) is 5.13 Å². The molecule has 0 saturated carbocycles. The molecule has 0 saturated heterocycles. The molecule has 1 heterocycles. The van der Waals surface area contributed by atoms with Gasteiger partial charge in [-0.2, -0.15) is 5.26 Å². The van der Waals surface area contributed by atoms with Crippen LogP contribution in [0.3, 0.4) is 0 Å². The van der Waals surface area contributed by atoms with E-state index in [1.807, 2.05) is 23.6 Å². The second kappa shape index (κ2) is 8.47. The number of aromatic nitrogens is 1. The molecule has 0 aliphatic carbocycles. The Labute approximate surface area is 162 Å². The van der Waals surface area contributed by atoms with Crippen molar-refractivity contribution < 1.29 is 9.53 Å². The van der Waals surface area contributed by atoms with E-state index in [4.69, 9.17) is 10.00 Å². The molecule has 0 fully saturated rings. The summed E-state index contributed by atoms with van der Waals surface area (Å²) in [5, 5.41) is 14.1. The highest BCUT2D eigenvalue weighted by Crippen LogP contribution is 2.25. The van der Waals surface area contributed by atoms with Gasteiger partial charge < -0.3 is 4.74 Å². The molecule has 0 aliphatic heterocycles. The third-order valence-electron chi connectivity index (χ3n) is 4.06. The lowest BCUT2D eigenvalue weighted by molar-refractivity contribution is -0.122. The maximum atomic E-state index is 12.3. The first-order valence-corrected chi connectivity index (χ1v) is 9.49. The van der Waals surface area contributed by atoms with Crippen LogP contribution in [0.5, 0.6) is 5.75 Å². The fourth-order valence-electron chi connectivity index (χ4n) is 2.45. The van der Waals surface area contributed by atoms with Gasteiger partial charge in [-0.3, -0.25) is 10.1 Å². The molecule has 1 atom stereocenters. The van der Waals surface area contributed by atoms with Crippen LogP contribution in [0.1, 0.15) is 25.0 Å². The van der Waals surface area contributed by atoms with Crippen molar-refractivity contribution in [1.82, 2.24) is 4.98 Å². The molecule has 6 heteroatoms.